The molecule has 9 heteroatoms. The first-order valence-electron chi connectivity index (χ1n) is 7.93. The molecule has 4 N–H and O–H groups in total. The van der Waals surface area contributed by atoms with Crippen LogP contribution in [0.4, 0.5) is 5.69 Å². The average molecular weight is 374 g/mol. The number of benzene rings is 1. The van der Waals surface area contributed by atoms with Crippen molar-refractivity contribution in [1.82, 2.24) is 10.0 Å². The molecular formula is C15H25N4O3S2+. The number of ether oxygens (including phenoxy) is 1. The Kier molecular flexibility index (Phi) is 6.93. The van der Waals surface area contributed by atoms with E-state index >= 15 is 0 Å². The lowest BCUT2D eigenvalue weighted by atomic mass is 10.2. The van der Waals surface area contributed by atoms with Gasteiger partial charge in [0.15, 0.2) is 5.11 Å². The molecule has 0 spiro atoms. The first-order valence-corrected chi connectivity index (χ1v) is 9.82. The van der Waals surface area contributed by atoms with Crippen molar-refractivity contribution in [3.63, 3.8) is 0 Å². The van der Waals surface area contributed by atoms with E-state index in [-0.39, 0.29) is 4.90 Å². The summed E-state index contributed by atoms with van der Waals surface area (Å²) in [7, 11) is -2.09. The SMILES string of the molecule is CNS(=O)(=O)c1cc(NC(=S)NCC[NH+]2CCOCC2)ccc1C. The molecule has 134 valence electrons. The van der Waals surface area contributed by atoms with Crippen LogP contribution < -0.4 is 20.3 Å². The second-order valence-electron chi connectivity index (χ2n) is 5.68. The fraction of sp³-hybridized carbons (Fsp3) is 0.533. The molecule has 1 heterocycles. The highest BCUT2D eigenvalue weighted by Gasteiger charge is 2.16. The van der Waals surface area contributed by atoms with Crippen LogP contribution in [0.2, 0.25) is 0 Å². The van der Waals surface area contributed by atoms with Gasteiger partial charge in [0.05, 0.1) is 31.2 Å². The second-order valence-corrected chi connectivity index (χ2v) is 7.94. The van der Waals surface area contributed by atoms with Crippen molar-refractivity contribution >= 4 is 33.0 Å². The molecule has 0 unspecified atom stereocenters. The smallest absolute Gasteiger partial charge is 0.240 e. The number of hydrogen-bond acceptors (Lipinski definition) is 4. The van der Waals surface area contributed by atoms with E-state index in [0.717, 1.165) is 39.4 Å². The highest BCUT2D eigenvalue weighted by Crippen LogP contribution is 2.19. The molecule has 7 nitrogen and oxygen atoms in total. The van der Waals surface area contributed by atoms with Gasteiger partial charge in [-0.2, -0.15) is 0 Å². The topological polar surface area (TPSA) is 83.9 Å². The predicted molar refractivity (Wildman–Crippen MR) is 98.0 cm³/mol. The first-order chi connectivity index (χ1) is 11.4. The molecule has 0 aromatic heterocycles. The number of morpholine rings is 1. The van der Waals surface area contributed by atoms with Crippen LogP contribution in [0.15, 0.2) is 23.1 Å². The minimum Gasteiger partial charge on any atom is -0.370 e. The maximum Gasteiger partial charge on any atom is 0.240 e. The first kappa shape index (κ1) is 19.1. The van der Waals surface area contributed by atoms with Gasteiger partial charge in [-0.05, 0) is 43.9 Å². The molecule has 0 atom stereocenters. The van der Waals surface area contributed by atoms with Gasteiger partial charge in [0.1, 0.15) is 13.1 Å². The molecule has 2 rings (SSSR count). The molecule has 1 fully saturated rings. The van der Waals surface area contributed by atoms with Gasteiger partial charge in [-0.3, -0.25) is 0 Å². The maximum absolute atomic E-state index is 12.0. The summed E-state index contributed by atoms with van der Waals surface area (Å²) in [5.74, 6) is 0. The molecule has 0 bridgehead atoms. The summed E-state index contributed by atoms with van der Waals surface area (Å²) in [6.45, 7) is 7.15. The molecule has 1 aliphatic heterocycles. The van der Waals surface area contributed by atoms with Crippen molar-refractivity contribution in [3.8, 4) is 0 Å². The summed E-state index contributed by atoms with van der Waals surface area (Å²) in [5.41, 5.74) is 1.33. The summed E-state index contributed by atoms with van der Waals surface area (Å²) in [4.78, 5) is 1.74. The van der Waals surface area contributed by atoms with Gasteiger partial charge in [-0.15, -0.1) is 0 Å². The van der Waals surface area contributed by atoms with Crippen LogP contribution in [0.5, 0.6) is 0 Å². The quantitative estimate of drug-likeness (QED) is 0.484. The Hall–Kier alpha value is -1.26. The van der Waals surface area contributed by atoms with Crippen molar-refractivity contribution < 1.29 is 18.1 Å². The number of thiocarbonyl (C=S) groups is 1. The van der Waals surface area contributed by atoms with Crippen LogP contribution in [-0.4, -0.2) is 60.0 Å². The normalized spacial score (nSPS) is 15.9. The number of aryl methyl sites for hydroxylation is 1. The Morgan fingerprint density at radius 2 is 2.04 bits per heavy atom. The monoisotopic (exact) mass is 373 g/mol. The second kappa shape index (κ2) is 8.72. The lowest BCUT2D eigenvalue weighted by Crippen LogP contribution is -3.14. The number of hydrogen-bond donors (Lipinski definition) is 4. The van der Waals surface area contributed by atoms with Crippen LogP contribution in [0.1, 0.15) is 5.56 Å². The van der Waals surface area contributed by atoms with E-state index in [0.29, 0.717) is 16.4 Å². The third-order valence-corrected chi connectivity index (χ3v) is 5.77. The van der Waals surface area contributed by atoms with Crippen LogP contribution in [0.25, 0.3) is 0 Å². The zero-order valence-corrected chi connectivity index (χ0v) is 15.6. The molecule has 0 amide bonds. The molecule has 1 aliphatic rings. The molecule has 1 saturated heterocycles. The van der Waals surface area contributed by atoms with Gasteiger partial charge in [0, 0.05) is 5.69 Å². The van der Waals surface area contributed by atoms with Crippen molar-refractivity contribution in [2.24, 2.45) is 0 Å². The van der Waals surface area contributed by atoms with Gasteiger partial charge in [-0.1, -0.05) is 6.07 Å². The van der Waals surface area contributed by atoms with Crippen LogP contribution >= 0.6 is 12.2 Å². The third kappa shape index (κ3) is 5.38. The Balaban J connectivity index is 1.88. The summed E-state index contributed by atoms with van der Waals surface area (Å²) >= 11 is 5.28. The van der Waals surface area contributed by atoms with E-state index in [9.17, 15) is 8.42 Å². The van der Waals surface area contributed by atoms with Gasteiger partial charge < -0.3 is 20.3 Å². The molecule has 0 radical (unpaired) electrons. The summed E-state index contributed by atoms with van der Waals surface area (Å²) in [6.07, 6.45) is 0. The van der Waals surface area contributed by atoms with Crippen molar-refractivity contribution in [1.29, 1.82) is 0 Å². The highest BCUT2D eigenvalue weighted by atomic mass is 32.2. The van der Waals surface area contributed by atoms with E-state index in [1.807, 2.05) is 6.07 Å². The van der Waals surface area contributed by atoms with Crippen LogP contribution in [-0.2, 0) is 14.8 Å². The van der Waals surface area contributed by atoms with Gasteiger partial charge in [-0.25, -0.2) is 13.1 Å². The maximum atomic E-state index is 12.0. The van der Waals surface area contributed by atoms with Gasteiger partial charge >= 0.3 is 0 Å². The number of quaternary nitrogens is 1. The van der Waals surface area contributed by atoms with E-state index in [2.05, 4.69) is 15.4 Å². The minimum absolute atomic E-state index is 0.246. The summed E-state index contributed by atoms with van der Waals surface area (Å²) < 4.78 is 31.7. The minimum atomic E-state index is -3.49. The molecule has 1 aromatic carbocycles. The zero-order valence-electron chi connectivity index (χ0n) is 14.0. The number of nitrogens with one attached hydrogen (secondary N) is 4. The third-order valence-electron chi connectivity index (χ3n) is 3.97. The number of sulfonamides is 1. The van der Waals surface area contributed by atoms with Crippen molar-refractivity contribution in [2.45, 2.75) is 11.8 Å². The summed E-state index contributed by atoms with van der Waals surface area (Å²) in [6, 6.07) is 5.15. The molecule has 24 heavy (non-hydrogen) atoms. The standard InChI is InChI=1S/C15H24N4O3S2/c1-12-3-4-13(11-14(12)24(20,21)16-2)18-15(23)17-5-6-19-7-9-22-10-8-19/h3-4,11,16H,5-10H2,1-2H3,(H2,17,18,23)/p+1. The molecular weight excluding hydrogens is 348 g/mol. The van der Waals surface area contributed by atoms with Gasteiger partial charge in [0.2, 0.25) is 10.0 Å². The molecule has 0 saturated carbocycles. The Bertz CT molecular complexity index is 673. The van der Waals surface area contributed by atoms with Crippen molar-refractivity contribution in [3.05, 3.63) is 23.8 Å². The average Bonchev–Trinajstić information content (AvgIpc) is 2.57. The van der Waals surface area contributed by atoms with Crippen molar-refractivity contribution in [2.75, 3.05) is 51.8 Å². The lowest BCUT2D eigenvalue weighted by Gasteiger charge is -2.24. The number of anilines is 1. The Labute approximate surface area is 148 Å². The van der Waals surface area contributed by atoms with E-state index < -0.39 is 10.0 Å². The van der Waals surface area contributed by atoms with Crippen LogP contribution in [0, 0.1) is 6.92 Å². The van der Waals surface area contributed by atoms with Gasteiger partial charge in [0.25, 0.3) is 0 Å². The fourth-order valence-electron chi connectivity index (χ4n) is 2.52. The van der Waals surface area contributed by atoms with E-state index in [1.54, 1.807) is 19.1 Å². The molecule has 0 aliphatic carbocycles. The lowest BCUT2D eigenvalue weighted by molar-refractivity contribution is -0.906. The highest BCUT2D eigenvalue weighted by molar-refractivity contribution is 7.89. The zero-order chi connectivity index (χ0) is 17.6. The Morgan fingerprint density at radius 3 is 2.71 bits per heavy atom. The Morgan fingerprint density at radius 1 is 1.33 bits per heavy atom. The number of rotatable bonds is 6. The fourth-order valence-corrected chi connectivity index (χ4v) is 3.73. The van der Waals surface area contributed by atoms with E-state index in [1.165, 1.54) is 11.9 Å². The van der Waals surface area contributed by atoms with E-state index in [4.69, 9.17) is 17.0 Å². The molecule has 1 aromatic rings. The largest absolute Gasteiger partial charge is 0.370 e. The summed E-state index contributed by atoms with van der Waals surface area (Å²) in [5, 5.41) is 6.68. The van der Waals surface area contributed by atoms with Crippen LogP contribution in [0.3, 0.4) is 0 Å². The predicted octanol–water partition coefficient (Wildman–Crippen LogP) is -0.895.